The van der Waals surface area contributed by atoms with Crippen LogP contribution in [0.1, 0.15) is 30.5 Å². The van der Waals surface area contributed by atoms with Crippen molar-refractivity contribution in [1.82, 2.24) is 19.9 Å². The van der Waals surface area contributed by atoms with Crippen molar-refractivity contribution in [3.05, 3.63) is 95.0 Å². The Kier molecular flexibility index (Phi) is 7.59. The lowest BCUT2D eigenvalue weighted by Gasteiger charge is -2.12. The van der Waals surface area contributed by atoms with Crippen molar-refractivity contribution >= 4 is 46.3 Å². The first kappa shape index (κ1) is 23.8. The molecule has 4 aromatic rings. The monoisotopic (exact) mass is 485 g/mol. The van der Waals surface area contributed by atoms with E-state index in [1.165, 1.54) is 0 Å². The maximum atomic E-state index is 6.10. The summed E-state index contributed by atoms with van der Waals surface area (Å²) in [4.78, 5) is 17.2. The van der Waals surface area contributed by atoms with E-state index in [1.54, 1.807) is 30.9 Å². The Labute approximate surface area is 208 Å². The highest BCUT2D eigenvalue weighted by molar-refractivity contribution is 6.30. The third-order valence-corrected chi connectivity index (χ3v) is 5.27. The largest absolute Gasteiger partial charge is 0.324 e. The fraction of sp³-hybridized carbons (Fsp3) is 0.120. The van der Waals surface area contributed by atoms with Gasteiger partial charge in [-0.3, -0.25) is 20.8 Å². The summed E-state index contributed by atoms with van der Waals surface area (Å²) in [6.45, 7) is 5.77. The molecule has 0 aliphatic carbocycles. The molecule has 0 atom stereocenters. The van der Waals surface area contributed by atoms with Crippen molar-refractivity contribution in [2.75, 3.05) is 16.2 Å². The molecule has 0 unspecified atom stereocenters. The number of hydrogen-bond acceptors (Lipinski definition) is 9. The quantitative estimate of drug-likeness (QED) is 0.218. The van der Waals surface area contributed by atoms with Crippen LogP contribution in [0.5, 0.6) is 0 Å². The van der Waals surface area contributed by atoms with Crippen LogP contribution in [0.2, 0.25) is 5.02 Å². The highest BCUT2D eigenvalue weighted by Gasteiger charge is 2.08. The molecule has 4 rings (SSSR count). The van der Waals surface area contributed by atoms with Gasteiger partial charge in [0.05, 0.1) is 11.4 Å². The minimum Gasteiger partial charge on any atom is -0.324 e. The molecule has 176 valence electrons. The van der Waals surface area contributed by atoms with Crippen molar-refractivity contribution in [2.24, 2.45) is 10.2 Å². The Balaban J connectivity index is 1.62. The Morgan fingerprint density at radius 1 is 0.743 bits per heavy atom. The Morgan fingerprint density at radius 2 is 1.26 bits per heavy atom. The van der Waals surface area contributed by atoms with Crippen LogP contribution < -0.4 is 16.2 Å². The molecule has 0 bridgehead atoms. The van der Waals surface area contributed by atoms with Crippen molar-refractivity contribution in [2.45, 2.75) is 20.8 Å². The summed E-state index contributed by atoms with van der Waals surface area (Å²) >= 11 is 6.10. The van der Waals surface area contributed by atoms with Crippen molar-refractivity contribution in [1.29, 1.82) is 0 Å². The lowest BCUT2D eigenvalue weighted by atomic mass is 10.2. The van der Waals surface area contributed by atoms with Gasteiger partial charge in [-0.2, -0.15) is 20.2 Å². The lowest BCUT2D eigenvalue weighted by Crippen LogP contribution is -2.07. The van der Waals surface area contributed by atoms with Gasteiger partial charge in [0.1, 0.15) is 0 Å². The molecule has 0 radical (unpaired) electrons. The van der Waals surface area contributed by atoms with Gasteiger partial charge in [-0.25, -0.2) is 0 Å². The summed E-state index contributed by atoms with van der Waals surface area (Å²) in [5, 5.41) is 12.8. The van der Waals surface area contributed by atoms with Crippen LogP contribution >= 0.6 is 11.6 Å². The Bertz CT molecular complexity index is 1280. The molecule has 3 heterocycles. The van der Waals surface area contributed by atoms with Gasteiger partial charge in [0.25, 0.3) is 0 Å². The average molecular weight is 486 g/mol. The third kappa shape index (κ3) is 6.58. The summed E-state index contributed by atoms with van der Waals surface area (Å²) in [6, 6.07) is 14.8. The number of halogens is 1. The second kappa shape index (κ2) is 11.2. The first-order chi connectivity index (χ1) is 17.0. The smallest absolute Gasteiger partial charge is 0.231 e. The van der Waals surface area contributed by atoms with E-state index in [1.807, 2.05) is 63.2 Å². The zero-order valence-electron chi connectivity index (χ0n) is 19.5. The predicted molar refractivity (Wildman–Crippen MR) is 142 cm³/mol. The molecular weight excluding hydrogens is 462 g/mol. The third-order valence-electron chi connectivity index (χ3n) is 5.03. The number of rotatable bonds is 8. The van der Waals surface area contributed by atoms with Crippen molar-refractivity contribution in [3.8, 4) is 0 Å². The molecule has 0 aliphatic heterocycles. The molecule has 0 amide bonds. The molecule has 35 heavy (non-hydrogen) atoms. The maximum absolute atomic E-state index is 6.10. The van der Waals surface area contributed by atoms with Gasteiger partial charge in [0.15, 0.2) is 11.6 Å². The number of hydrogen-bond donors (Lipinski definition) is 3. The maximum Gasteiger partial charge on any atom is 0.231 e. The topological polar surface area (TPSA) is 112 Å². The standard InChI is InChI=1S/C25H24ClN9/c1-16-14-21(26)4-5-22(16)29-25-30-23(34-32-17(2)19-6-10-27-11-7-19)15-24(31-25)35-33-18(3)20-8-12-28-13-9-20/h4-15H,1-3H3,(H3,29,30,31,34,35). The second-order valence-corrected chi connectivity index (χ2v) is 8.07. The molecule has 10 heteroatoms. The predicted octanol–water partition coefficient (Wildman–Crippen LogP) is 5.64. The summed E-state index contributed by atoms with van der Waals surface area (Å²) in [5.74, 6) is 1.35. The molecule has 1 aromatic carbocycles. The summed E-state index contributed by atoms with van der Waals surface area (Å²) in [5.41, 5.74) is 11.3. The van der Waals surface area contributed by atoms with E-state index in [9.17, 15) is 0 Å². The van der Waals surface area contributed by atoms with Crippen LogP contribution in [0.25, 0.3) is 0 Å². The number of benzene rings is 1. The number of aryl methyl sites for hydroxylation is 1. The van der Waals surface area contributed by atoms with Gasteiger partial charge < -0.3 is 5.32 Å². The zero-order chi connectivity index (χ0) is 24.6. The highest BCUT2D eigenvalue weighted by Crippen LogP contribution is 2.24. The molecule has 0 saturated carbocycles. The van der Waals surface area contributed by atoms with Crippen LogP contribution in [0, 0.1) is 6.92 Å². The molecule has 9 nitrogen and oxygen atoms in total. The van der Waals surface area contributed by atoms with E-state index < -0.39 is 0 Å². The second-order valence-electron chi connectivity index (χ2n) is 7.64. The van der Waals surface area contributed by atoms with E-state index in [-0.39, 0.29) is 0 Å². The van der Waals surface area contributed by atoms with Gasteiger partial charge in [-0.05, 0) is 68.8 Å². The Morgan fingerprint density at radius 3 is 1.74 bits per heavy atom. The zero-order valence-corrected chi connectivity index (χ0v) is 20.2. The first-order valence-corrected chi connectivity index (χ1v) is 11.2. The lowest BCUT2D eigenvalue weighted by molar-refractivity contribution is 1.11. The fourth-order valence-corrected chi connectivity index (χ4v) is 3.33. The fourth-order valence-electron chi connectivity index (χ4n) is 3.10. The van der Waals surface area contributed by atoms with E-state index in [0.29, 0.717) is 22.6 Å². The number of nitrogens with one attached hydrogen (secondary N) is 3. The molecule has 0 spiro atoms. The van der Waals surface area contributed by atoms with Crippen LogP contribution in [-0.4, -0.2) is 31.4 Å². The molecule has 3 N–H and O–H groups in total. The van der Waals surface area contributed by atoms with Crippen LogP contribution in [0.4, 0.5) is 23.3 Å². The Hall–Kier alpha value is -4.37. The van der Waals surface area contributed by atoms with Gasteiger partial charge in [-0.1, -0.05) is 11.6 Å². The normalized spacial score (nSPS) is 11.8. The van der Waals surface area contributed by atoms with Crippen LogP contribution in [0.15, 0.2) is 83.5 Å². The molecule has 0 saturated heterocycles. The minimum atomic E-state index is 0.372. The minimum absolute atomic E-state index is 0.372. The number of aromatic nitrogens is 4. The molecule has 0 aliphatic rings. The van der Waals surface area contributed by atoms with Gasteiger partial charge >= 0.3 is 0 Å². The van der Waals surface area contributed by atoms with Crippen LogP contribution in [-0.2, 0) is 0 Å². The number of pyridine rings is 2. The van der Waals surface area contributed by atoms with Gasteiger partial charge in [0, 0.05) is 52.7 Å². The molecule has 3 aromatic heterocycles. The summed E-state index contributed by atoms with van der Waals surface area (Å²) in [7, 11) is 0. The first-order valence-electron chi connectivity index (χ1n) is 10.8. The van der Waals surface area contributed by atoms with Crippen molar-refractivity contribution < 1.29 is 0 Å². The molecule has 0 fully saturated rings. The van der Waals surface area contributed by atoms with Gasteiger partial charge in [0.2, 0.25) is 5.95 Å². The van der Waals surface area contributed by atoms with Gasteiger partial charge in [-0.15, -0.1) is 0 Å². The number of hydrazone groups is 2. The number of nitrogens with zero attached hydrogens (tertiary/aromatic N) is 6. The van der Waals surface area contributed by atoms with Crippen molar-refractivity contribution in [3.63, 3.8) is 0 Å². The average Bonchev–Trinajstić information content (AvgIpc) is 2.88. The van der Waals surface area contributed by atoms with Crippen LogP contribution in [0.3, 0.4) is 0 Å². The van der Waals surface area contributed by atoms with E-state index >= 15 is 0 Å². The van der Waals surface area contributed by atoms with E-state index in [4.69, 9.17) is 11.6 Å². The summed E-state index contributed by atoms with van der Waals surface area (Å²) in [6.07, 6.45) is 6.89. The van der Waals surface area contributed by atoms with E-state index in [2.05, 4.69) is 46.3 Å². The molecular formula is C25H24ClN9. The van der Waals surface area contributed by atoms with E-state index in [0.717, 1.165) is 33.8 Å². The highest BCUT2D eigenvalue weighted by atomic mass is 35.5. The SMILES string of the molecule is CC(=NNc1cc(NN=C(C)c2ccncc2)nc(Nc2ccc(Cl)cc2C)n1)c1ccncc1. The number of anilines is 4. The summed E-state index contributed by atoms with van der Waals surface area (Å²) < 4.78 is 0.